The molecule has 2 N–H and O–H groups in total. The molecular formula is C16H21N3O2S. The topological polar surface area (TPSA) is 70.1 Å². The highest BCUT2D eigenvalue weighted by Crippen LogP contribution is 2.29. The van der Waals surface area contributed by atoms with Gasteiger partial charge in [-0.05, 0) is 37.3 Å². The van der Waals surface area contributed by atoms with Crippen LogP contribution in [0.1, 0.15) is 53.0 Å². The number of nitrogens with two attached hydrogens (primary N) is 1. The maximum Gasteiger partial charge on any atom is 0.290 e. The third-order valence-electron chi connectivity index (χ3n) is 3.69. The quantitative estimate of drug-likeness (QED) is 0.939. The fourth-order valence-corrected chi connectivity index (χ4v) is 3.80. The summed E-state index contributed by atoms with van der Waals surface area (Å²) >= 11 is 1.52. The molecule has 1 atom stereocenters. The first-order valence-electron chi connectivity index (χ1n) is 7.65. The lowest BCUT2D eigenvalue weighted by Gasteiger charge is -2.04. The lowest BCUT2D eigenvalue weighted by molar-refractivity contribution is 0.0939. The fourth-order valence-electron chi connectivity index (χ4n) is 2.65. The van der Waals surface area contributed by atoms with Crippen LogP contribution in [0.25, 0.3) is 0 Å². The third-order valence-corrected chi connectivity index (χ3v) is 4.79. The number of ether oxygens (including phenoxy) is 1. The van der Waals surface area contributed by atoms with Gasteiger partial charge in [0.1, 0.15) is 11.9 Å². The zero-order chi connectivity index (χ0) is 15.7. The molecule has 3 rings (SSSR count). The number of carbonyl (C=O) groups is 1. The molecule has 1 saturated heterocycles. The van der Waals surface area contributed by atoms with E-state index >= 15 is 0 Å². The normalized spacial score (nSPS) is 18.2. The molecule has 6 heteroatoms. The third kappa shape index (κ3) is 3.08. The van der Waals surface area contributed by atoms with E-state index in [4.69, 9.17) is 10.5 Å². The van der Waals surface area contributed by atoms with E-state index in [1.54, 1.807) is 6.07 Å². The second-order valence-corrected chi connectivity index (χ2v) is 7.24. The van der Waals surface area contributed by atoms with E-state index < -0.39 is 0 Å². The van der Waals surface area contributed by atoms with Crippen molar-refractivity contribution in [1.82, 2.24) is 9.78 Å². The lowest BCUT2D eigenvalue weighted by atomic mass is 10.1. The maximum absolute atomic E-state index is 12.6. The minimum atomic E-state index is -0.165. The second kappa shape index (κ2) is 6.22. The predicted octanol–water partition coefficient (Wildman–Crippen LogP) is 3.27. The predicted molar refractivity (Wildman–Crippen MR) is 87.2 cm³/mol. The van der Waals surface area contributed by atoms with Crippen molar-refractivity contribution in [2.75, 3.05) is 12.3 Å². The van der Waals surface area contributed by atoms with Gasteiger partial charge < -0.3 is 10.5 Å². The number of hydrogen-bond donors (Lipinski definition) is 1. The second-order valence-electron chi connectivity index (χ2n) is 6.08. The number of rotatable bonds is 4. The molecule has 2 aromatic rings. The molecule has 1 unspecified atom stereocenters. The SMILES string of the molecule is CC(C)Cc1ccc(C(=O)n2nc(C3CCCO3)cc2N)s1. The van der Waals surface area contributed by atoms with Crippen molar-refractivity contribution in [3.05, 3.63) is 33.6 Å². The number of carbonyl (C=O) groups excluding carboxylic acids is 1. The number of anilines is 1. The van der Waals surface area contributed by atoms with E-state index in [-0.39, 0.29) is 12.0 Å². The van der Waals surface area contributed by atoms with Gasteiger partial charge in [0.25, 0.3) is 5.91 Å². The average Bonchev–Trinajstić information content (AvgIpc) is 3.16. The lowest BCUT2D eigenvalue weighted by Crippen LogP contribution is -2.15. The van der Waals surface area contributed by atoms with Crippen LogP contribution in [0.2, 0.25) is 0 Å². The number of thiophene rings is 1. The number of nitrogens with zero attached hydrogens (tertiary/aromatic N) is 2. The summed E-state index contributed by atoms with van der Waals surface area (Å²) in [5, 5.41) is 4.36. The van der Waals surface area contributed by atoms with Gasteiger partial charge in [-0.1, -0.05) is 13.8 Å². The minimum absolute atomic E-state index is 0.0313. The van der Waals surface area contributed by atoms with Crippen molar-refractivity contribution >= 4 is 23.1 Å². The van der Waals surface area contributed by atoms with Crippen LogP contribution in [-0.4, -0.2) is 22.3 Å². The molecule has 0 aliphatic carbocycles. The first-order valence-corrected chi connectivity index (χ1v) is 8.46. The standard InChI is InChI=1S/C16H21N3O2S/c1-10(2)8-11-5-6-14(22-11)16(20)19-15(17)9-12(18-19)13-4-3-7-21-13/h5-6,9-10,13H,3-4,7-8,17H2,1-2H3. The summed E-state index contributed by atoms with van der Waals surface area (Å²) in [6, 6.07) is 5.62. The Kier molecular flexibility index (Phi) is 4.31. The fraction of sp³-hybridized carbons (Fsp3) is 0.500. The molecule has 0 aromatic carbocycles. The summed E-state index contributed by atoms with van der Waals surface area (Å²) in [4.78, 5) is 14.5. The molecule has 0 bridgehead atoms. The molecule has 0 radical (unpaired) electrons. The summed E-state index contributed by atoms with van der Waals surface area (Å²) in [6.45, 7) is 5.08. The van der Waals surface area contributed by atoms with Gasteiger partial charge in [0.15, 0.2) is 0 Å². The van der Waals surface area contributed by atoms with Crippen LogP contribution < -0.4 is 5.73 Å². The Labute approximate surface area is 134 Å². The van der Waals surface area contributed by atoms with Gasteiger partial charge in [0.05, 0.1) is 10.6 Å². The van der Waals surface area contributed by atoms with Crippen LogP contribution in [0.4, 0.5) is 5.82 Å². The molecule has 1 aliphatic rings. The minimum Gasteiger partial charge on any atom is -0.383 e. The van der Waals surface area contributed by atoms with E-state index in [0.29, 0.717) is 16.6 Å². The van der Waals surface area contributed by atoms with Gasteiger partial charge in [0.2, 0.25) is 0 Å². The monoisotopic (exact) mass is 319 g/mol. The largest absolute Gasteiger partial charge is 0.383 e. The van der Waals surface area contributed by atoms with Gasteiger partial charge in [-0.15, -0.1) is 11.3 Å². The first kappa shape index (κ1) is 15.2. The van der Waals surface area contributed by atoms with Crippen molar-refractivity contribution in [2.24, 2.45) is 5.92 Å². The molecule has 118 valence electrons. The molecule has 0 amide bonds. The van der Waals surface area contributed by atoms with Gasteiger partial charge in [-0.25, -0.2) is 0 Å². The van der Waals surface area contributed by atoms with Gasteiger partial charge in [-0.3, -0.25) is 4.79 Å². The molecule has 0 saturated carbocycles. The van der Waals surface area contributed by atoms with Crippen molar-refractivity contribution in [1.29, 1.82) is 0 Å². The average molecular weight is 319 g/mol. The number of nitrogen functional groups attached to an aromatic ring is 1. The highest BCUT2D eigenvalue weighted by atomic mass is 32.1. The Morgan fingerprint density at radius 3 is 3.05 bits per heavy atom. The van der Waals surface area contributed by atoms with Gasteiger partial charge in [0, 0.05) is 17.6 Å². The molecule has 0 spiro atoms. The summed E-state index contributed by atoms with van der Waals surface area (Å²) in [7, 11) is 0. The van der Waals surface area contributed by atoms with E-state index in [2.05, 4.69) is 18.9 Å². The van der Waals surface area contributed by atoms with Crippen LogP contribution >= 0.6 is 11.3 Å². The van der Waals surface area contributed by atoms with Crippen LogP contribution in [-0.2, 0) is 11.2 Å². The number of hydrogen-bond acceptors (Lipinski definition) is 5. The van der Waals surface area contributed by atoms with Crippen molar-refractivity contribution in [3.63, 3.8) is 0 Å². The highest BCUT2D eigenvalue weighted by Gasteiger charge is 2.24. The smallest absolute Gasteiger partial charge is 0.290 e. The Morgan fingerprint density at radius 2 is 2.36 bits per heavy atom. The van der Waals surface area contributed by atoms with Crippen molar-refractivity contribution in [2.45, 2.75) is 39.2 Å². The van der Waals surface area contributed by atoms with Crippen LogP contribution in [0.15, 0.2) is 18.2 Å². The summed E-state index contributed by atoms with van der Waals surface area (Å²) in [5.41, 5.74) is 6.72. The highest BCUT2D eigenvalue weighted by molar-refractivity contribution is 7.14. The Bertz CT molecular complexity index is 669. The molecule has 2 aromatic heterocycles. The summed E-state index contributed by atoms with van der Waals surface area (Å²) < 4.78 is 6.89. The maximum atomic E-state index is 12.6. The van der Waals surface area contributed by atoms with E-state index in [1.165, 1.54) is 20.9 Å². The van der Waals surface area contributed by atoms with Gasteiger partial charge >= 0.3 is 0 Å². The van der Waals surface area contributed by atoms with Crippen molar-refractivity contribution < 1.29 is 9.53 Å². The molecule has 5 nitrogen and oxygen atoms in total. The Balaban J connectivity index is 1.81. The zero-order valence-corrected chi connectivity index (χ0v) is 13.7. The first-order chi connectivity index (χ1) is 10.5. The van der Waals surface area contributed by atoms with Gasteiger partial charge in [-0.2, -0.15) is 9.78 Å². The van der Waals surface area contributed by atoms with Crippen LogP contribution in [0.5, 0.6) is 0 Å². The number of aromatic nitrogens is 2. The molecule has 3 heterocycles. The molecule has 22 heavy (non-hydrogen) atoms. The summed E-state index contributed by atoms with van der Waals surface area (Å²) in [5.74, 6) is 0.776. The molecular weight excluding hydrogens is 298 g/mol. The van der Waals surface area contributed by atoms with Crippen molar-refractivity contribution in [3.8, 4) is 0 Å². The molecule has 1 aliphatic heterocycles. The van der Waals surface area contributed by atoms with E-state index in [0.717, 1.165) is 31.6 Å². The Morgan fingerprint density at radius 1 is 1.55 bits per heavy atom. The van der Waals surface area contributed by atoms with E-state index in [9.17, 15) is 4.79 Å². The molecule has 1 fully saturated rings. The van der Waals surface area contributed by atoms with E-state index in [1.807, 2.05) is 12.1 Å². The Hall–Kier alpha value is -1.66. The zero-order valence-electron chi connectivity index (χ0n) is 12.9. The van der Waals surface area contributed by atoms with Crippen LogP contribution in [0, 0.1) is 5.92 Å². The van der Waals surface area contributed by atoms with Crippen LogP contribution in [0.3, 0.4) is 0 Å². The summed E-state index contributed by atoms with van der Waals surface area (Å²) in [6.07, 6.45) is 2.90.